The number of hydrogen-bond donors (Lipinski definition) is 2. The number of hydrogen-bond acceptors (Lipinski definition) is 3. The number of ketones is 1. The lowest BCUT2D eigenvalue weighted by Crippen LogP contribution is -2.11. The van der Waals surface area contributed by atoms with Gasteiger partial charge in [-0.05, 0) is 47.9 Å². The zero-order valence-electron chi connectivity index (χ0n) is 12.4. The number of carbonyl (C=O) groups excluding carboxylic acids is 1. The zero-order chi connectivity index (χ0) is 17.2. The fraction of sp³-hybridized carbons (Fsp3) is 0.235. The molecule has 0 fully saturated rings. The maximum Gasteiger partial charge on any atom is 0.416 e. The molecule has 0 aliphatic rings. The highest BCUT2D eigenvalue weighted by Gasteiger charge is 2.31. The average Bonchev–Trinajstić information content (AvgIpc) is 2.49. The molecule has 0 aliphatic carbocycles. The van der Waals surface area contributed by atoms with Gasteiger partial charge in [0.2, 0.25) is 0 Å². The number of aliphatic hydroxyl groups excluding tert-OH is 1. The Morgan fingerprint density at radius 2 is 1.83 bits per heavy atom. The summed E-state index contributed by atoms with van der Waals surface area (Å²) >= 11 is 0. The number of rotatable bonds is 4. The second kappa shape index (κ2) is 6.42. The fourth-order valence-electron chi connectivity index (χ4n) is 2.20. The lowest BCUT2D eigenvalue weighted by atomic mass is 9.98. The van der Waals surface area contributed by atoms with E-state index in [9.17, 15) is 18.0 Å². The highest BCUT2D eigenvalue weighted by atomic mass is 19.4. The molecule has 0 radical (unpaired) electrons. The molecule has 0 unspecified atom stereocenters. The Labute approximate surface area is 131 Å². The molecule has 0 saturated carbocycles. The molecule has 23 heavy (non-hydrogen) atoms. The minimum atomic E-state index is -4.57. The van der Waals surface area contributed by atoms with Crippen LogP contribution in [0.5, 0.6) is 0 Å². The van der Waals surface area contributed by atoms with Crippen LogP contribution >= 0.6 is 0 Å². The van der Waals surface area contributed by atoms with Gasteiger partial charge >= 0.3 is 6.18 Å². The molecule has 6 heteroatoms. The van der Waals surface area contributed by atoms with Crippen molar-refractivity contribution >= 4 is 11.5 Å². The van der Waals surface area contributed by atoms with Gasteiger partial charge in [-0.2, -0.15) is 13.2 Å². The van der Waals surface area contributed by atoms with Crippen molar-refractivity contribution < 1.29 is 23.1 Å². The van der Waals surface area contributed by atoms with Crippen molar-refractivity contribution in [2.24, 2.45) is 0 Å². The molecule has 0 heterocycles. The number of aryl methyl sites for hydroxylation is 1. The number of alkyl halides is 3. The third-order valence-electron chi connectivity index (χ3n) is 3.53. The van der Waals surface area contributed by atoms with Crippen LogP contribution in [-0.2, 0) is 19.2 Å². The molecular weight excluding hydrogens is 307 g/mol. The zero-order valence-corrected chi connectivity index (χ0v) is 12.4. The second-order valence-electron chi connectivity index (χ2n) is 5.37. The first-order valence-corrected chi connectivity index (χ1v) is 6.91. The van der Waals surface area contributed by atoms with E-state index in [1.165, 1.54) is 6.07 Å². The Bertz CT molecular complexity index is 739. The summed E-state index contributed by atoms with van der Waals surface area (Å²) in [7, 11) is 0. The number of halogens is 3. The molecule has 0 spiro atoms. The van der Waals surface area contributed by atoms with Gasteiger partial charge in [0.1, 0.15) is 0 Å². The third kappa shape index (κ3) is 4.10. The maximum absolute atomic E-state index is 12.9. The van der Waals surface area contributed by atoms with Crippen molar-refractivity contribution in [3.63, 3.8) is 0 Å². The minimum Gasteiger partial charge on any atom is -0.399 e. The second-order valence-corrected chi connectivity index (χ2v) is 5.37. The van der Waals surface area contributed by atoms with E-state index < -0.39 is 24.1 Å². The standard InChI is InChI=1S/C17H16F3NO2/c1-10-2-3-11(6-15(10)21)7-16(23)13-4-12(9-22)5-14(8-13)17(18,19)20/h2-6,8,22H,7,9,21H2,1H3. The monoisotopic (exact) mass is 323 g/mol. The summed E-state index contributed by atoms with van der Waals surface area (Å²) < 4.78 is 38.6. The van der Waals surface area contributed by atoms with Crippen molar-refractivity contribution in [3.8, 4) is 0 Å². The van der Waals surface area contributed by atoms with Crippen molar-refractivity contribution in [1.29, 1.82) is 0 Å². The molecule has 0 aliphatic heterocycles. The molecule has 3 nitrogen and oxygen atoms in total. The SMILES string of the molecule is Cc1ccc(CC(=O)c2cc(CO)cc(C(F)(F)F)c2)cc1N. The molecule has 2 rings (SSSR count). The number of benzene rings is 2. The van der Waals surface area contributed by atoms with E-state index in [0.29, 0.717) is 11.3 Å². The molecule has 0 atom stereocenters. The van der Waals surface area contributed by atoms with Crippen LogP contribution in [-0.4, -0.2) is 10.9 Å². The molecule has 3 N–H and O–H groups in total. The smallest absolute Gasteiger partial charge is 0.399 e. The van der Waals surface area contributed by atoms with Gasteiger partial charge < -0.3 is 10.8 Å². The van der Waals surface area contributed by atoms with Crippen LogP contribution in [0.1, 0.15) is 32.6 Å². The predicted octanol–water partition coefficient (Wildman–Crippen LogP) is 3.51. The summed E-state index contributed by atoms with van der Waals surface area (Å²) in [5.41, 5.74) is 6.80. The van der Waals surface area contributed by atoms with E-state index in [4.69, 9.17) is 10.8 Å². The average molecular weight is 323 g/mol. The normalized spacial score (nSPS) is 11.5. The quantitative estimate of drug-likeness (QED) is 0.668. The van der Waals surface area contributed by atoms with Gasteiger partial charge in [0.25, 0.3) is 0 Å². The lowest BCUT2D eigenvalue weighted by molar-refractivity contribution is -0.137. The molecule has 122 valence electrons. The number of carbonyl (C=O) groups is 1. The lowest BCUT2D eigenvalue weighted by Gasteiger charge is -2.11. The van der Waals surface area contributed by atoms with Gasteiger partial charge in [0.15, 0.2) is 5.78 Å². The summed E-state index contributed by atoms with van der Waals surface area (Å²) in [4.78, 5) is 12.3. The minimum absolute atomic E-state index is 0.0478. The van der Waals surface area contributed by atoms with Crippen LogP contribution in [0.4, 0.5) is 18.9 Å². The van der Waals surface area contributed by atoms with E-state index in [0.717, 1.165) is 17.7 Å². The Kier molecular flexibility index (Phi) is 4.75. The van der Waals surface area contributed by atoms with Crippen LogP contribution in [0, 0.1) is 6.92 Å². The van der Waals surface area contributed by atoms with Gasteiger partial charge in [0, 0.05) is 17.7 Å². The third-order valence-corrected chi connectivity index (χ3v) is 3.53. The number of nitrogen functional groups attached to an aromatic ring is 1. The topological polar surface area (TPSA) is 63.3 Å². The molecular formula is C17H16F3NO2. The van der Waals surface area contributed by atoms with Gasteiger partial charge in [0.05, 0.1) is 12.2 Å². The van der Waals surface area contributed by atoms with Gasteiger partial charge in [-0.3, -0.25) is 4.79 Å². The van der Waals surface area contributed by atoms with E-state index in [1.807, 2.05) is 6.92 Å². The number of anilines is 1. The summed E-state index contributed by atoms with van der Waals surface area (Å²) in [6.07, 6.45) is -4.63. The first-order valence-electron chi connectivity index (χ1n) is 6.91. The molecule has 0 amide bonds. The Morgan fingerprint density at radius 3 is 2.39 bits per heavy atom. The predicted molar refractivity (Wildman–Crippen MR) is 81.0 cm³/mol. The van der Waals surface area contributed by atoms with Crippen LogP contribution in [0.15, 0.2) is 36.4 Å². The molecule has 0 saturated heterocycles. The van der Waals surface area contributed by atoms with E-state index in [1.54, 1.807) is 18.2 Å². The number of nitrogens with two attached hydrogens (primary N) is 1. The largest absolute Gasteiger partial charge is 0.416 e. The van der Waals surface area contributed by atoms with Gasteiger partial charge in [-0.15, -0.1) is 0 Å². The first-order chi connectivity index (χ1) is 10.7. The molecule has 0 aromatic heterocycles. The summed E-state index contributed by atoms with van der Waals surface area (Å²) in [6, 6.07) is 8.01. The van der Waals surface area contributed by atoms with Crippen LogP contribution < -0.4 is 5.73 Å². The summed E-state index contributed by atoms with van der Waals surface area (Å²) in [6.45, 7) is 1.25. The van der Waals surface area contributed by atoms with Crippen LogP contribution in [0.3, 0.4) is 0 Å². The van der Waals surface area contributed by atoms with Crippen molar-refractivity contribution in [2.75, 3.05) is 5.73 Å². The van der Waals surface area contributed by atoms with E-state index in [2.05, 4.69) is 0 Å². The molecule has 0 bridgehead atoms. The highest BCUT2D eigenvalue weighted by molar-refractivity contribution is 5.98. The maximum atomic E-state index is 12.9. The van der Waals surface area contributed by atoms with E-state index >= 15 is 0 Å². The van der Waals surface area contributed by atoms with Gasteiger partial charge in [-0.1, -0.05) is 12.1 Å². The van der Waals surface area contributed by atoms with Crippen molar-refractivity contribution in [2.45, 2.75) is 26.1 Å². The van der Waals surface area contributed by atoms with Crippen LogP contribution in [0.2, 0.25) is 0 Å². The van der Waals surface area contributed by atoms with E-state index in [-0.39, 0.29) is 17.5 Å². The van der Waals surface area contributed by atoms with Gasteiger partial charge in [-0.25, -0.2) is 0 Å². The van der Waals surface area contributed by atoms with Crippen LogP contribution in [0.25, 0.3) is 0 Å². The fourth-order valence-corrected chi connectivity index (χ4v) is 2.20. The van der Waals surface area contributed by atoms with Crippen molar-refractivity contribution in [3.05, 3.63) is 64.2 Å². The Morgan fingerprint density at radius 1 is 1.13 bits per heavy atom. The molecule has 2 aromatic rings. The summed E-state index contributed by atoms with van der Waals surface area (Å²) in [5.74, 6) is -0.464. The Balaban J connectivity index is 2.33. The first kappa shape index (κ1) is 17.0. The summed E-state index contributed by atoms with van der Waals surface area (Å²) in [5, 5.41) is 9.10. The highest BCUT2D eigenvalue weighted by Crippen LogP contribution is 2.31. The number of Topliss-reactive ketones (excluding diaryl/α,β-unsaturated/α-hetero) is 1. The molecule has 2 aromatic carbocycles. The Hall–Kier alpha value is -2.34. The van der Waals surface area contributed by atoms with Crippen molar-refractivity contribution in [1.82, 2.24) is 0 Å². The number of aliphatic hydroxyl groups is 1.